The van der Waals surface area contributed by atoms with Crippen LogP contribution < -0.4 is 5.32 Å². The highest BCUT2D eigenvalue weighted by Crippen LogP contribution is 2.27. The van der Waals surface area contributed by atoms with Gasteiger partial charge in [-0.25, -0.2) is 4.79 Å². The van der Waals surface area contributed by atoms with E-state index in [0.717, 1.165) is 12.8 Å². The van der Waals surface area contributed by atoms with Crippen LogP contribution in [0.5, 0.6) is 0 Å². The van der Waals surface area contributed by atoms with Gasteiger partial charge in [0, 0.05) is 0 Å². The van der Waals surface area contributed by atoms with Gasteiger partial charge in [-0.1, -0.05) is 12.8 Å². The minimum Gasteiger partial charge on any atom is -0.465 e. The molecule has 1 amide bonds. The van der Waals surface area contributed by atoms with E-state index in [4.69, 9.17) is 5.11 Å². The number of nitrogens with one attached hydrogen (secondary N) is 1. The summed E-state index contributed by atoms with van der Waals surface area (Å²) in [5, 5.41) is 10.7. The fourth-order valence-corrected chi connectivity index (χ4v) is 1.49. The molecule has 1 rings (SSSR count). The first-order valence-electron chi connectivity index (χ1n) is 3.66. The van der Waals surface area contributed by atoms with Gasteiger partial charge in [0.1, 0.15) is 6.29 Å². The van der Waals surface area contributed by atoms with Crippen molar-refractivity contribution in [3.05, 3.63) is 0 Å². The van der Waals surface area contributed by atoms with Crippen LogP contribution in [-0.4, -0.2) is 23.0 Å². The maximum absolute atomic E-state index is 10.5. The van der Waals surface area contributed by atoms with Crippen LogP contribution in [0.15, 0.2) is 0 Å². The quantitative estimate of drug-likeness (QED) is 0.581. The van der Waals surface area contributed by atoms with Gasteiger partial charge in [-0.2, -0.15) is 0 Å². The molecule has 1 aliphatic rings. The molecule has 0 aromatic heterocycles. The molecule has 0 atom stereocenters. The van der Waals surface area contributed by atoms with Crippen molar-refractivity contribution in [1.29, 1.82) is 0 Å². The van der Waals surface area contributed by atoms with Gasteiger partial charge in [0.25, 0.3) is 0 Å². The average Bonchev–Trinajstić information content (AvgIpc) is 2.36. The Morgan fingerprint density at radius 3 is 2.36 bits per heavy atom. The van der Waals surface area contributed by atoms with Gasteiger partial charge in [-0.15, -0.1) is 0 Å². The molecule has 2 N–H and O–H groups in total. The Balaban J connectivity index is 2.59. The van der Waals surface area contributed by atoms with E-state index >= 15 is 0 Å². The van der Waals surface area contributed by atoms with Crippen LogP contribution in [0.3, 0.4) is 0 Å². The molecule has 0 unspecified atom stereocenters. The van der Waals surface area contributed by atoms with Crippen molar-refractivity contribution in [3.8, 4) is 0 Å². The van der Waals surface area contributed by atoms with E-state index in [9.17, 15) is 9.59 Å². The molecule has 1 aliphatic carbocycles. The first kappa shape index (κ1) is 8.04. The Bertz CT molecular complexity index is 173. The predicted octanol–water partition coefficient (Wildman–Crippen LogP) is 0.766. The van der Waals surface area contributed by atoms with E-state index in [1.54, 1.807) is 0 Å². The number of carbonyl (C=O) groups is 2. The smallest absolute Gasteiger partial charge is 0.405 e. The van der Waals surface area contributed by atoms with Gasteiger partial charge in [0.15, 0.2) is 0 Å². The molecule has 0 radical (unpaired) electrons. The van der Waals surface area contributed by atoms with Crippen molar-refractivity contribution in [2.45, 2.75) is 31.2 Å². The highest BCUT2D eigenvalue weighted by Gasteiger charge is 2.34. The summed E-state index contributed by atoms with van der Waals surface area (Å²) < 4.78 is 0. The summed E-state index contributed by atoms with van der Waals surface area (Å²) in [5.41, 5.74) is -0.772. The number of hydrogen-bond donors (Lipinski definition) is 2. The van der Waals surface area contributed by atoms with Crippen LogP contribution in [-0.2, 0) is 4.79 Å². The normalized spacial score (nSPS) is 21.1. The van der Waals surface area contributed by atoms with Crippen LogP contribution in [0.4, 0.5) is 4.79 Å². The Morgan fingerprint density at radius 1 is 1.45 bits per heavy atom. The fourth-order valence-electron chi connectivity index (χ4n) is 1.49. The van der Waals surface area contributed by atoms with Crippen LogP contribution >= 0.6 is 0 Å². The number of rotatable bonds is 2. The van der Waals surface area contributed by atoms with E-state index in [0.29, 0.717) is 19.1 Å². The van der Waals surface area contributed by atoms with E-state index in [2.05, 4.69) is 5.32 Å². The Hall–Kier alpha value is -1.06. The standard InChI is InChI=1S/C7H11NO3/c9-5-7(8-6(10)11)3-1-2-4-7/h5,8H,1-4H2,(H,10,11). The molecule has 1 fully saturated rings. The van der Waals surface area contributed by atoms with Crippen molar-refractivity contribution < 1.29 is 14.7 Å². The van der Waals surface area contributed by atoms with Crippen molar-refractivity contribution in [2.75, 3.05) is 0 Å². The lowest BCUT2D eigenvalue weighted by Gasteiger charge is -2.20. The minimum atomic E-state index is -1.11. The third kappa shape index (κ3) is 1.69. The third-order valence-corrected chi connectivity index (χ3v) is 2.08. The lowest BCUT2D eigenvalue weighted by molar-refractivity contribution is -0.113. The van der Waals surface area contributed by atoms with Crippen LogP contribution in [0.25, 0.3) is 0 Å². The second-order valence-corrected chi connectivity index (χ2v) is 2.91. The first-order chi connectivity index (χ1) is 5.18. The largest absolute Gasteiger partial charge is 0.465 e. The summed E-state index contributed by atoms with van der Waals surface area (Å²) in [6.45, 7) is 0. The summed E-state index contributed by atoms with van der Waals surface area (Å²) in [7, 11) is 0. The highest BCUT2D eigenvalue weighted by molar-refractivity contribution is 5.75. The van der Waals surface area contributed by atoms with Gasteiger partial charge < -0.3 is 15.2 Å². The molecule has 1 saturated carbocycles. The first-order valence-corrected chi connectivity index (χ1v) is 3.66. The molecule has 0 aromatic rings. The summed E-state index contributed by atoms with van der Waals surface area (Å²) in [6.07, 6.45) is 2.75. The van der Waals surface area contributed by atoms with Gasteiger partial charge in [-0.3, -0.25) is 0 Å². The van der Waals surface area contributed by atoms with Gasteiger partial charge >= 0.3 is 6.09 Å². The molecule has 62 valence electrons. The zero-order valence-corrected chi connectivity index (χ0v) is 6.17. The summed E-state index contributed by atoms with van der Waals surface area (Å²) >= 11 is 0. The molecule has 0 spiro atoms. The second-order valence-electron chi connectivity index (χ2n) is 2.91. The van der Waals surface area contributed by atoms with Crippen LogP contribution in [0.2, 0.25) is 0 Å². The number of carbonyl (C=O) groups excluding carboxylic acids is 1. The monoisotopic (exact) mass is 157 g/mol. The van der Waals surface area contributed by atoms with E-state index < -0.39 is 11.6 Å². The maximum atomic E-state index is 10.5. The van der Waals surface area contributed by atoms with E-state index in [1.807, 2.05) is 0 Å². The number of carboxylic acid groups (broad SMARTS) is 1. The molecule has 0 aliphatic heterocycles. The fraction of sp³-hybridized carbons (Fsp3) is 0.714. The van der Waals surface area contributed by atoms with Crippen molar-refractivity contribution in [1.82, 2.24) is 5.32 Å². The molecule has 0 bridgehead atoms. The molecule has 11 heavy (non-hydrogen) atoms. The molecule has 4 heteroatoms. The second kappa shape index (κ2) is 2.90. The average molecular weight is 157 g/mol. The van der Waals surface area contributed by atoms with Crippen molar-refractivity contribution in [2.24, 2.45) is 0 Å². The Kier molecular flexibility index (Phi) is 2.12. The zero-order valence-electron chi connectivity index (χ0n) is 6.17. The van der Waals surface area contributed by atoms with Gasteiger partial charge in [0.2, 0.25) is 0 Å². The van der Waals surface area contributed by atoms with Crippen LogP contribution in [0.1, 0.15) is 25.7 Å². The summed E-state index contributed by atoms with van der Waals surface area (Å²) in [5.74, 6) is 0. The summed E-state index contributed by atoms with van der Waals surface area (Å²) in [6, 6.07) is 0. The summed E-state index contributed by atoms with van der Waals surface area (Å²) in [4.78, 5) is 20.8. The topological polar surface area (TPSA) is 66.4 Å². The molecular formula is C7H11NO3. The van der Waals surface area contributed by atoms with Gasteiger partial charge in [-0.05, 0) is 12.8 Å². The zero-order chi connectivity index (χ0) is 8.32. The van der Waals surface area contributed by atoms with Crippen LogP contribution in [0, 0.1) is 0 Å². The molecule has 0 heterocycles. The molecular weight excluding hydrogens is 146 g/mol. The predicted molar refractivity (Wildman–Crippen MR) is 38.4 cm³/mol. The van der Waals surface area contributed by atoms with E-state index in [1.165, 1.54) is 0 Å². The Morgan fingerprint density at radius 2 is 2.00 bits per heavy atom. The Labute approximate surface area is 64.6 Å². The third-order valence-electron chi connectivity index (χ3n) is 2.08. The molecule has 0 aromatic carbocycles. The minimum absolute atomic E-state index is 0.642. The van der Waals surface area contributed by atoms with Gasteiger partial charge in [0.05, 0.1) is 5.54 Å². The van der Waals surface area contributed by atoms with Crippen molar-refractivity contribution in [3.63, 3.8) is 0 Å². The number of amides is 1. The SMILES string of the molecule is O=CC1(NC(=O)O)CCCC1. The number of aldehydes is 1. The van der Waals surface area contributed by atoms with Crippen molar-refractivity contribution >= 4 is 12.4 Å². The highest BCUT2D eigenvalue weighted by atomic mass is 16.4. The lowest BCUT2D eigenvalue weighted by atomic mass is 10.0. The lowest BCUT2D eigenvalue weighted by Crippen LogP contribution is -2.46. The molecule has 4 nitrogen and oxygen atoms in total. The van der Waals surface area contributed by atoms with E-state index in [-0.39, 0.29) is 0 Å². The molecule has 0 saturated heterocycles. The maximum Gasteiger partial charge on any atom is 0.405 e. The number of hydrogen-bond acceptors (Lipinski definition) is 2.